The number of sulfonamides is 1. The third kappa shape index (κ3) is 5.00. The maximum atomic E-state index is 12.9. The van der Waals surface area contributed by atoms with Crippen LogP contribution in [0.1, 0.15) is 38.1 Å². The summed E-state index contributed by atoms with van der Waals surface area (Å²) in [6, 6.07) is 4.38. The summed E-state index contributed by atoms with van der Waals surface area (Å²) in [4.78, 5) is 13.0. The van der Waals surface area contributed by atoms with Crippen LogP contribution in [0.2, 0.25) is 0 Å². The number of nitrogens with one attached hydrogen (secondary N) is 1. The number of rotatable bonds is 7. The zero-order valence-electron chi connectivity index (χ0n) is 16.7. The number of amides is 1. The van der Waals surface area contributed by atoms with Crippen molar-refractivity contribution in [2.75, 3.05) is 33.4 Å². The summed E-state index contributed by atoms with van der Waals surface area (Å²) in [6.45, 7) is 9.52. The van der Waals surface area contributed by atoms with Crippen LogP contribution >= 0.6 is 0 Å². The normalized spacial score (nSPS) is 16.1. The van der Waals surface area contributed by atoms with Gasteiger partial charge in [0.2, 0.25) is 10.0 Å². The highest BCUT2D eigenvalue weighted by molar-refractivity contribution is 7.89. The lowest BCUT2D eigenvalue weighted by Gasteiger charge is -2.27. The van der Waals surface area contributed by atoms with Crippen molar-refractivity contribution in [1.29, 1.82) is 0 Å². The average Bonchev–Trinajstić information content (AvgIpc) is 2.65. The van der Waals surface area contributed by atoms with Gasteiger partial charge in [-0.3, -0.25) is 4.79 Å². The number of carbonyl (C=O) groups is 1. The van der Waals surface area contributed by atoms with Crippen LogP contribution in [0.4, 0.5) is 0 Å². The van der Waals surface area contributed by atoms with E-state index >= 15 is 0 Å². The summed E-state index contributed by atoms with van der Waals surface area (Å²) in [5, 5.41) is 3.02. The Morgan fingerprint density at radius 2 is 1.74 bits per heavy atom. The molecule has 1 aromatic rings. The van der Waals surface area contributed by atoms with Crippen LogP contribution in [-0.2, 0) is 14.8 Å². The second kappa shape index (κ2) is 9.03. The summed E-state index contributed by atoms with van der Waals surface area (Å²) in [7, 11) is -2.22. The predicted molar refractivity (Wildman–Crippen MR) is 104 cm³/mol. The van der Waals surface area contributed by atoms with E-state index in [0.29, 0.717) is 32.1 Å². The highest BCUT2D eigenvalue weighted by atomic mass is 32.2. The largest absolute Gasteiger partial charge is 0.496 e. The zero-order chi connectivity index (χ0) is 20.2. The molecule has 1 fully saturated rings. The number of morpholine rings is 1. The summed E-state index contributed by atoms with van der Waals surface area (Å²) in [5.74, 6) is 0.512. The third-order valence-electron chi connectivity index (χ3n) is 4.76. The van der Waals surface area contributed by atoms with Gasteiger partial charge in [-0.15, -0.1) is 0 Å². The van der Waals surface area contributed by atoms with Gasteiger partial charge in [-0.05, 0) is 30.0 Å². The van der Waals surface area contributed by atoms with Crippen LogP contribution in [0.15, 0.2) is 23.1 Å². The molecule has 1 amide bonds. The minimum absolute atomic E-state index is 0.0262. The zero-order valence-corrected chi connectivity index (χ0v) is 17.5. The first kappa shape index (κ1) is 21.7. The molecule has 1 aromatic carbocycles. The Morgan fingerprint density at radius 1 is 1.15 bits per heavy atom. The van der Waals surface area contributed by atoms with Crippen molar-refractivity contribution >= 4 is 15.9 Å². The molecule has 1 aliphatic heterocycles. The lowest BCUT2D eigenvalue weighted by Crippen LogP contribution is -2.42. The summed E-state index contributed by atoms with van der Waals surface area (Å²) >= 11 is 0. The average molecular weight is 399 g/mol. The fourth-order valence-electron chi connectivity index (χ4n) is 3.29. The van der Waals surface area contributed by atoms with Crippen molar-refractivity contribution < 1.29 is 22.7 Å². The van der Waals surface area contributed by atoms with Crippen LogP contribution in [0.5, 0.6) is 5.75 Å². The number of hydrogen-bond acceptors (Lipinski definition) is 5. The number of methoxy groups -OCH3 is 1. The van der Waals surface area contributed by atoms with Gasteiger partial charge in [0.1, 0.15) is 5.75 Å². The Morgan fingerprint density at radius 3 is 2.26 bits per heavy atom. The number of ether oxygens (including phenoxy) is 2. The minimum Gasteiger partial charge on any atom is -0.496 e. The molecule has 0 bridgehead atoms. The Labute approximate surface area is 162 Å². The molecule has 0 unspecified atom stereocenters. The second-order valence-electron chi connectivity index (χ2n) is 7.37. The number of carbonyl (C=O) groups excluding carboxylic acids is 1. The van der Waals surface area contributed by atoms with Crippen molar-refractivity contribution in [1.82, 2.24) is 9.62 Å². The number of nitrogens with zero attached hydrogens (tertiary/aromatic N) is 1. The molecule has 0 aliphatic carbocycles. The van der Waals surface area contributed by atoms with Crippen molar-refractivity contribution in [2.24, 2.45) is 11.8 Å². The lowest BCUT2D eigenvalue weighted by molar-refractivity contribution is 0.0730. The van der Waals surface area contributed by atoms with Gasteiger partial charge in [0.25, 0.3) is 5.91 Å². The quantitative estimate of drug-likeness (QED) is 0.761. The van der Waals surface area contributed by atoms with Crippen molar-refractivity contribution in [3.63, 3.8) is 0 Å². The van der Waals surface area contributed by atoms with E-state index in [2.05, 4.69) is 5.32 Å². The second-order valence-corrected chi connectivity index (χ2v) is 9.30. The maximum absolute atomic E-state index is 12.9. The van der Waals surface area contributed by atoms with Gasteiger partial charge in [-0.2, -0.15) is 4.31 Å². The Kier molecular flexibility index (Phi) is 7.25. The molecule has 0 saturated carbocycles. The molecule has 1 saturated heterocycles. The molecule has 8 heteroatoms. The van der Waals surface area contributed by atoms with E-state index in [4.69, 9.17) is 9.47 Å². The molecule has 0 aromatic heterocycles. The van der Waals surface area contributed by atoms with E-state index in [9.17, 15) is 13.2 Å². The van der Waals surface area contributed by atoms with Gasteiger partial charge >= 0.3 is 0 Å². The van der Waals surface area contributed by atoms with Crippen LogP contribution in [0, 0.1) is 11.8 Å². The molecule has 1 heterocycles. The van der Waals surface area contributed by atoms with Crippen LogP contribution in [0.25, 0.3) is 0 Å². The molecule has 0 radical (unpaired) electrons. The first-order valence-electron chi connectivity index (χ1n) is 9.25. The third-order valence-corrected chi connectivity index (χ3v) is 6.65. The van der Waals surface area contributed by atoms with Gasteiger partial charge in [-0.25, -0.2) is 8.42 Å². The molecule has 27 heavy (non-hydrogen) atoms. The number of hydrogen-bond donors (Lipinski definition) is 1. The molecule has 7 nitrogen and oxygen atoms in total. The highest BCUT2D eigenvalue weighted by Gasteiger charge is 2.29. The fraction of sp³-hybridized carbons (Fsp3) is 0.632. The van der Waals surface area contributed by atoms with Crippen LogP contribution < -0.4 is 10.1 Å². The van der Waals surface area contributed by atoms with Crippen molar-refractivity contribution in [3.8, 4) is 5.75 Å². The molecule has 2 rings (SSSR count). The molecule has 152 valence electrons. The minimum atomic E-state index is -3.69. The summed E-state index contributed by atoms with van der Waals surface area (Å²) in [6.07, 6.45) is 0. The van der Waals surface area contributed by atoms with E-state index < -0.39 is 10.0 Å². The molecular formula is C19H30N2O5S. The maximum Gasteiger partial charge on any atom is 0.255 e. The van der Waals surface area contributed by atoms with Gasteiger partial charge in [0.15, 0.2) is 0 Å². The van der Waals surface area contributed by atoms with E-state index in [0.717, 1.165) is 0 Å². The van der Waals surface area contributed by atoms with Crippen LogP contribution in [-0.4, -0.2) is 58.1 Å². The standard InChI is InChI=1S/C19H30N2O5S/c1-13(2)18(14(3)4)20-19(22)16-12-15(6-7-17(16)25-5)27(23,24)21-8-10-26-11-9-21/h6-7,12-14,18H,8-11H2,1-5H3,(H,20,22). The van der Waals surface area contributed by atoms with E-state index in [-0.39, 0.29) is 34.2 Å². The first-order chi connectivity index (χ1) is 12.7. The predicted octanol–water partition coefficient (Wildman–Crippen LogP) is 2.13. The lowest BCUT2D eigenvalue weighted by atomic mass is 9.93. The molecule has 1 aliphatic rings. The van der Waals surface area contributed by atoms with Gasteiger partial charge in [0, 0.05) is 19.1 Å². The molecular weight excluding hydrogens is 368 g/mol. The van der Waals surface area contributed by atoms with Crippen molar-refractivity contribution in [3.05, 3.63) is 23.8 Å². The van der Waals surface area contributed by atoms with E-state index in [1.54, 1.807) is 0 Å². The van der Waals surface area contributed by atoms with Gasteiger partial charge < -0.3 is 14.8 Å². The summed E-state index contributed by atoms with van der Waals surface area (Å²) < 4.78 is 37.7. The Balaban J connectivity index is 2.35. The fourth-order valence-corrected chi connectivity index (χ4v) is 4.73. The highest BCUT2D eigenvalue weighted by Crippen LogP contribution is 2.26. The van der Waals surface area contributed by atoms with E-state index in [1.807, 2.05) is 27.7 Å². The molecule has 1 N–H and O–H groups in total. The number of benzene rings is 1. The Bertz CT molecular complexity index is 747. The van der Waals surface area contributed by atoms with E-state index in [1.165, 1.54) is 29.6 Å². The van der Waals surface area contributed by atoms with Gasteiger partial charge in [0.05, 0.1) is 30.8 Å². The van der Waals surface area contributed by atoms with Gasteiger partial charge in [-0.1, -0.05) is 27.7 Å². The Hall–Kier alpha value is -1.64. The monoisotopic (exact) mass is 398 g/mol. The molecule has 0 spiro atoms. The summed E-state index contributed by atoms with van der Waals surface area (Å²) in [5.41, 5.74) is 0.220. The van der Waals surface area contributed by atoms with Crippen molar-refractivity contribution in [2.45, 2.75) is 38.6 Å². The smallest absolute Gasteiger partial charge is 0.255 e. The SMILES string of the molecule is COc1ccc(S(=O)(=O)N2CCOCC2)cc1C(=O)NC(C(C)C)C(C)C. The first-order valence-corrected chi connectivity index (χ1v) is 10.7. The topological polar surface area (TPSA) is 84.9 Å². The molecule has 0 atom stereocenters. The van der Waals surface area contributed by atoms with Crippen LogP contribution in [0.3, 0.4) is 0 Å².